The first kappa shape index (κ1) is 11.6. The Morgan fingerprint density at radius 1 is 1.42 bits per heavy atom. The smallest absolute Gasteiger partial charge is 0.0530 e. The fourth-order valence-electron chi connectivity index (χ4n) is 0.620. The predicted octanol–water partition coefficient (Wildman–Crippen LogP) is 3.69. The molecule has 1 heteroatoms. The number of hydrogen-bond acceptors (Lipinski definition) is 1. The van der Waals surface area contributed by atoms with Crippen LogP contribution >= 0.6 is 11.8 Å². The minimum absolute atomic E-state index is 0.114. The van der Waals surface area contributed by atoms with Crippen molar-refractivity contribution in [3.05, 3.63) is 11.0 Å². The Bertz CT molecular complexity index is 207. The number of rotatable bonds is 2. The van der Waals surface area contributed by atoms with Crippen LogP contribution in [0.5, 0.6) is 0 Å². The van der Waals surface area contributed by atoms with E-state index in [1.54, 1.807) is 11.8 Å². The van der Waals surface area contributed by atoms with Crippen molar-refractivity contribution in [2.75, 3.05) is 6.26 Å². The van der Waals surface area contributed by atoms with E-state index in [1.807, 2.05) is 0 Å². The molecule has 0 fully saturated rings. The summed E-state index contributed by atoms with van der Waals surface area (Å²) in [4.78, 5) is 1.19. The predicted molar refractivity (Wildman–Crippen MR) is 59.1 cm³/mol. The third-order valence-electron chi connectivity index (χ3n) is 1.17. The molecular weight excluding hydrogens is 164 g/mol. The van der Waals surface area contributed by atoms with E-state index in [-0.39, 0.29) is 5.41 Å². The quantitative estimate of drug-likeness (QED) is 0.587. The van der Waals surface area contributed by atoms with Gasteiger partial charge in [0.2, 0.25) is 0 Å². The van der Waals surface area contributed by atoms with Gasteiger partial charge >= 0.3 is 0 Å². The van der Waals surface area contributed by atoms with Gasteiger partial charge in [-0.3, -0.25) is 0 Å². The second kappa shape index (κ2) is 5.32. The van der Waals surface area contributed by atoms with Gasteiger partial charge in [0.15, 0.2) is 0 Å². The van der Waals surface area contributed by atoms with Crippen molar-refractivity contribution in [2.24, 2.45) is 5.41 Å². The van der Waals surface area contributed by atoms with Crippen molar-refractivity contribution in [3.8, 4) is 11.8 Å². The van der Waals surface area contributed by atoms with Gasteiger partial charge in [0.05, 0.1) is 4.91 Å². The molecule has 0 unspecified atom stereocenters. The monoisotopic (exact) mass is 182 g/mol. The molecule has 68 valence electrons. The summed E-state index contributed by atoms with van der Waals surface area (Å²) in [5, 5.41) is 0. The molecule has 0 nitrogen and oxygen atoms in total. The molecular formula is C11H18S. The number of hydrogen-bond donors (Lipinski definition) is 0. The highest BCUT2D eigenvalue weighted by Crippen LogP contribution is 2.14. The van der Waals surface area contributed by atoms with Crippen LogP contribution in [-0.2, 0) is 0 Å². The third kappa shape index (κ3) is 6.37. The zero-order valence-electron chi connectivity index (χ0n) is 8.69. The number of thioether (sulfide) groups is 1. The summed E-state index contributed by atoms with van der Waals surface area (Å²) in [5.74, 6) is 6.40. The molecule has 12 heavy (non-hydrogen) atoms. The van der Waals surface area contributed by atoms with Crippen molar-refractivity contribution in [3.63, 3.8) is 0 Å². The minimum Gasteiger partial charge on any atom is -0.121 e. The van der Waals surface area contributed by atoms with Gasteiger partial charge in [0, 0.05) is 5.41 Å². The lowest BCUT2D eigenvalue weighted by atomic mass is 9.98. The summed E-state index contributed by atoms with van der Waals surface area (Å²) in [7, 11) is 0. The van der Waals surface area contributed by atoms with E-state index in [4.69, 9.17) is 0 Å². The summed E-state index contributed by atoms with van der Waals surface area (Å²) in [6.45, 7) is 8.52. The zero-order chi connectivity index (χ0) is 9.61. The molecule has 0 atom stereocenters. The molecule has 0 aromatic rings. The molecule has 0 saturated carbocycles. The average Bonchev–Trinajstić information content (AvgIpc) is 1.96. The van der Waals surface area contributed by atoms with Gasteiger partial charge in [-0.05, 0) is 33.4 Å². The van der Waals surface area contributed by atoms with Crippen molar-refractivity contribution >= 4 is 11.8 Å². The van der Waals surface area contributed by atoms with Crippen molar-refractivity contribution in [2.45, 2.75) is 34.1 Å². The van der Waals surface area contributed by atoms with Gasteiger partial charge in [0.1, 0.15) is 0 Å². The van der Waals surface area contributed by atoms with Gasteiger partial charge in [-0.15, -0.1) is 11.8 Å². The Morgan fingerprint density at radius 2 is 2.00 bits per heavy atom. The largest absolute Gasteiger partial charge is 0.121 e. The van der Waals surface area contributed by atoms with E-state index in [9.17, 15) is 0 Å². The highest BCUT2D eigenvalue weighted by atomic mass is 32.2. The maximum atomic E-state index is 3.22. The zero-order valence-corrected chi connectivity index (χ0v) is 9.51. The summed E-state index contributed by atoms with van der Waals surface area (Å²) in [6.07, 6.45) is 5.30. The van der Waals surface area contributed by atoms with E-state index in [0.29, 0.717) is 0 Å². The molecule has 0 aliphatic heterocycles. The molecule has 0 aliphatic rings. The minimum atomic E-state index is 0.114. The Hall–Kier alpha value is -0.350. The third-order valence-corrected chi connectivity index (χ3v) is 1.88. The molecule has 0 radical (unpaired) electrons. The molecule has 0 rings (SSSR count). The van der Waals surface area contributed by atoms with E-state index in [2.05, 4.69) is 51.9 Å². The lowest BCUT2D eigenvalue weighted by Gasteiger charge is -2.06. The fraction of sp³-hybridized carbons (Fsp3) is 0.636. The van der Waals surface area contributed by atoms with Gasteiger partial charge in [-0.2, -0.15) is 0 Å². The van der Waals surface area contributed by atoms with Gasteiger partial charge in [-0.1, -0.05) is 24.8 Å². The molecule has 0 spiro atoms. The summed E-state index contributed by atoms with van der Waals surface area (Å²) >= 11 is 1.72. The van der Waals surface area contributed by atoms with Crippen LogP contribution < -0.4 is 0 Å². The van der Waals surface area contributed by atoms with Crippen LogP contribution in [0, 0.1) is 17.3 Å². The topological polar surface area (TPSA) is 0 Å². The standard InChI is InChI=1S/C11H18S/c1-6-7-10(12-5)8-9-11(2,3)4/h7H,6H2,1-5H3. The molecule has 0 amide bonds. The molecule has 0 saturated heterocycles. The highest BCUT2D eigenvalue weighted by Gasteiger charge is 2.03. The highest BCUT2D eigenvalue weighted by molar-refractivity contribution is 8.02. The summed E-state index contributed by atoms with van der Waals surface area (Å²) in [6, 6.07) is 0. The Morgan fingerprint density at radius 3 is 2.33 bits per heavy atom. The van der Waals surface area contributed by atoms with Crippen LogP contribution in [0.15, 0.2) is 11.0 Å². The first-order valence-electron chi connectivity index (χ1n) is 4.27. The maximum Gasteiger partial charge on any atom is 0.0530 e. The van der Waals surface area contributed by atoms with E-state index < -0.39 is 0 Å². The van der Waals surface area contributed by atoms with Crippen LogP contribution in [0.1, 0.15) is 34.1 Å². The average molecular weight is 182 g/mol. The lowest BCUT2D eigenvalue weighted by Crippen LogP contribution is -1.99. The normalized spacial score (nSPS) is 12.2. The lowest BCUT2D eigenvalue weighted by molar-refractivity contribution is 0.571. The Balaban J connectivity index is 4.36. The van der Waals surface area contributed by atoms with E-state index in [0.717, 1.165) is 6.42 Å². The van der Waals surface area contributed by atoms with Crippen LogP contribution in [0.25, 0.3) is 0 Å². The van der Waals surface area contributed by atoms with Gasteiger partial charge in [-0.25, -0.2) is 0 Å². The van der Waals surface area contributed by atoms with Crippen molar-refractivity contribution in [1.29, 1.82) is 0 Å². The van der Waals surface area contributed by atoms with Crippen LogP contribution in [0.3, 0.4) is 0 Å². The second-order valence-electron chi connectivity index (χ2n) is 3.68. The summed E-state index contributed by atoms with van der Waals surface area (Å²) in [5.41, 5.74) is 0.114. The summed E-state index contributed by atoms with van der Waals surface area (Å²) < 4.78 is 0. The fourth-order valence-corrected chi connectivity index (χ4v) is 1.11. The van der Waals surface area contributed by atoms with Crippen LogP contribution in [0.2, 0.25) is 0 Å². The van der Waals surface area contributed by atoms with Crippen molar-refractivity contribution < 1.29 is 0 Å². The molecule has 0 bridgehead atoms. The molecule has 0 aromatic heterocycles. The first-order valence-corrected chi connectivity index (χ1v) is 5.49. The molecule has 0 N–H and O–H groups in total. The molecule has 0 aromatic carbocycles. The second-order valence-corrected chi connectivity index (χ2v) is 4.53. The molecule has 0 heterocycles. The van der Waals surface area contributed by atoms with Gasteiger partial charge < -0.3 is 0 Å². The van der Waals surface area contributed by atoms with Crippen molar-refractivity contribution in [1.82, 2.24) is 0 Å². The van der Waals surface area contributed by atoms with E-state index in [1.165, 1.54) is 4.91 Å². The molecule has 0 aliphatic carbocycles. The Kier molecular flexibility index (Phi) is 5.17. The van der Waals surface area contributed by atoms with Crippen LogP contribution in [0.4, 0.5) is 0 Å². The maximum absolute atomic E-state index is 3.22. The number of allylic oxidation sites excluding steroid dienone is 2. The first-order chi connectivity index (χ1) is 5.49. The van der Waals surface area contributed by atoms with E-state index >= 15 is 0 Å². The van der Waals surface area contributed by atoms with Gasteiger partial charge in [0.25, 0.3) is 0 Å². The Labute approximate surface area is 80.8 Å². The van der Waals surface area contributed by atoms with Crippen LogP contribution in [-0.4, -0.2) is 6.26 Å². The SMILES string of the molecule is CCC=C(C#CC(C)(C)C)SC.